The Morgan fingerprint density at radius 3 is 1.49 bits per heavy atom. The molecule has 0 aromatic heterocycles. The number of allylic oxidation sites excluding steroid dienone is 4. The summed E-state index contributed by atoms with van der Waals surface area (Å²) in [5.41, 5.74) is 0. The number of hydrogen-bond donors (Lipinski definition) is 4. The van der Waals surface area contributed by atoms with Gasteiger partial charge >= 0.3 is 11.9 Å². The Bertz CT molecular complexity index is 954. The molecular formula is C45H82O10. The number of unbranched alkanes of at least 4 members (excludes halogenated alkanes) is 22. The van der Waals surface area contributed by atoms with E-state index in [2.05, 4.69) is 32.1 Å². The van der Waals surface area contributed by atoms with E-state index in [0.29, 0.717) is 12.8 Å². The van der Waals surface area contributed by atoms with Gasteiger partial charge in [0.15, 0.2) is 12.4 Å². The minimum Gasteiger partial charge on any atom is -0.462 e. The molecule has 55 heavy (non-hydrogen) atoms. The first-order valence-electron chi connectivity index (χ1n) is 22.4. The fraction of sp³-hybridized carbons (Fsp3) is 0.867. The average Bonchev–Trinajstić information content (AvgIpc) is 3.18. The van der Waals surface area contributed by atoms with Gasteiger partial charge in [-0.05, 0) is 51.4 Å². The van der Waals surface area contributed by atoms with Crippen molar-refractivity contribution >= 4 is 11.9 Å². The second kappa shape index (κ2) is 36.5. The topological polar surface area (TPSA) is 152 Å². The summed E-state index contributed by atoms with van der Waals surface area (Å²) in [6, 6.07) is 0. The lowest BCUT2D eigenvalue weighted by atomic mass is 9.99. The predicted molar refractivity (Wildman–Crippen MR) is 219 cm³/mol. The number of carbonyl (C=O) groups excluding carboxylic acids is 2. The van der Waals surface area contributed by atoms with Crippen LogP contribution in [0.2, 0.25) is 0 Å². The highest BCUT2D eigenvalue weighted by molar-refractivity contribution is 5.70. The maximum atomic E-state index is 12.7. The number of hydrogen-bond acceptors (Lipinski definition) is 10. The number of ether oxygens (including phenoxy) is 4. The van der Waals surface area contributed by atoms with Crippen molar-refractivity contribution in [1.29, 1.82) is 0 Å². The van der Waals surface area contributed by atoms with Gasteiger partial charge in [-0.25, -0.2) is 0 Å². The van der Waals surface area contributed by atoms with Crippen molar-refractivity contribution in [2.75, 3.05) is 19.8 Å². The molecule has 0 amide bonds. The summed E-state index contributed by atoms with van der Waals surface area (Å²) >= 11 is 0. The molecule has 0 aliphatic carbocycles. The van der Waals surface area contributed by atoms with Gasteiger partial charge in [0.05, 0.1) is 13.2 Å². The van der Waals surface area contributed by atoms with Crippen molar-refractivity contribution in [2.45, 2.75) is 230 Å². The zero-order chi connectivity index (χ0) is 40.2. The second-order valence-corrected chi connectivity index (χ2v) is 15.5. The number of carbonyl (C=O) groups is 2. The molecule has 1 fully saturated rings. The van der Waals surface area contributed by atoms with Crippen LogP contribution in [0.1, 0.15) is 194 Å². The standard InChI is InChI=1S/C45H82O10/c1-3-5-7-9-11-13-15-17-19-21-23-25-27-29-31-33-40(47)52-36-38(37-53-45-44(51)43(50)42(49)39(35-46)55-45)54-41(48)34-32-30-28-26-24-22-20-18-16-14-12-10-8-6-4-2/h24,26-27,29,38-39,42-46,49-51H,3-23,25,28,30-37H2,1-2H3/b26-24+,29-27+/t38-,39-,42+,43?,44?,45-/m0/s1. The maximum absolute atomic E-state index is 12.7. The van der Waals surface area contributed by atoms with Gasteiger partial charge in [0.25, 0.3) is 0 Å². The zero-order valence-corrected chi connectivity index (χ0v) is 34.9. The van der Waals surface area contributed by atoms with E-state index in [9.17, 15) is 30.0 Å². The molecule has 6 atom stereocenters. The van der Waals surface area contributed by atoms with E-state index in [1.165, 1.54) is 122 Å². The fourth-order valence-corrected chi connectivity index (χ4v) is 6.73. The molecule has 10 nitrogen and oxygen atoms in total. The van der Waals surface area contributed by atoms with Crippen LogP contribution in [0, 0.1) is 0 Å². The summed E-state index contributed by atoms with van der Waals surface area (Å²) in [6.45, 7) is 3.37. The Morgan fingerprint density at radius 2 is 1.00 bits per heavy atom. The molecule has 0 bridgehead atoms. The lowest BCUT2D eigenvalue weighted by Crippen LogP contribution is -2.59. The summed E-state index contributed by atoms with van der Waals surface area (Å²) in [5.74, 6) is -0.884. The molecule has 0 aromatic carbocycles. The van der Waals surface area contributed by atoms with Gasteiger partial charge in [-0.1, -0.05) is 154 Å². The van der Waals surface area contributed by atoms with Crippen LogP contribution < -0.4 is 0 Å². The molecular weight excluding hydrogens is 700 g/mol. The first-order valence-corrected chi connectivity index (χ1v) is 22.4. The second-order valence-electron chi connectivity index (χ2n) is 15.5. The molecule has 0 aromatic rings. The molecule has 0 radical (unpaired) electrons. The molecule has 322 valence electrons. The summed E-state index contributed by atoms with van der Waals surface area (Å²) in [5, 5.41) is 40.0. The lowest BCUT2D eigenvalue weighted by Gasteiger charge is -2.39. The molecule has 0 saturated carbocycles. The maximum Gasteiger partial charge on any atom is 0.306 e. The molecule has 10 heteroatoms. The van der Waals surface area contributed by atoms with Crippen LogP contribution in [0.15, 0.2) is 24.3 Å². The van der Waals surface area contributed by atoms with E-state index in [1.807, 2.05) is 6.08 Å². The predicted octanol–water partition coefficient (Wildman–Crippen LogP) is 9.33. The highest BCUT2D eigenvalue weighted by Gasteiger charge is 2.44. The zero-order valence-electron chi connectivity index (χ0n) is 34.9. The van der Waals surface area contributed by atoms with E-state index in [0.717, 1.165) is 32.1 Å². The highest BCUT2D eigenvalue weighted by Crippen LogP contribution is 2.22. The van der Waals surface area contributed by atoms with Crippen LogP contribution in [0.3, 0.4) is 0 Å². The Hall–Kier alpha value is -1.82. The highest BCUT2D eigenvalue weighted by atomic mass is 16.7. The normalized spacial score (nSPS) is 20.7. The molecule has 2 unspecified atom stereocenters. The summed E-state index contributed by atoms with van der Waals surface area (Å²) in [7, 11) is 0. The SMILES string of the molecule is CCCCCCCCCCC/C=C/CCCCC(=O)O[C@@H](COC(=O)CC/C=C/CCCCCCCCCCCCC)CO[C@H]1O[C@@H](CO)[C@@H](O)C(O)C1O. The van der Waals surface area contributed by atoms with Gasteiger partial charge in [0.2, 0.25) is 0 Å². The van der Waals surface area contributed by atoms with Crippen LogP contribution in [-0.4, -0.2) is 89.0 Å². The molecule has 0 spiro atoms. The number of esters is 2. The van der Waals surface area contributed by atoms with Crippen LogP contribution in [-0.2, 0) is 28.5 Å². The summed E-state index contributed by atoms with van der Waals surface area (Å²) < 4.78 is 22.1. The van der Waals surface area contributed by atoms with E-state index >= 15 is 0 Å². The van der Waals surface area contributed by atoms with Crippen molar-refractivity contribution < 1.29 is 49.0 Å². The van der Waals surface area contributed by atoms with Crippen molar-refractivity contribution in [3.05, 3.63) is 24.3 Å². The Morgan fingerprint density at radius 1 is 0.545 bits per heavy atom. The lowest BCUT2D eigenvalue weighted by molar-refractivity contribution is -0.305. The van der Waals surface area contributed by atoms with Crippen LogP contribution in [0.5, 0.6) is 0 Å². The third kappa shape index (κ3) is 28.3. The third-order valence-corrected chi connectivity index (χ3v) is 10.3. The van der Waals surface area contributed by atoms with Gasteiger partial charge in [-0.15, -0.1) is 0 Å². The minimum absolute atomic E-state index is 0.190. The van der Waals surface area contributed by atoms with Crippen molar-refractivity contribution in [3.63, 3.8) is 0 Å². The number of rotatable bonds is 37. The van der Waals surface area contributed by atoms with E-state index in [1.54, 1.807) is 0 Å². The van der Waals surface area contributed by atoms with Gasteiger partial charge in [-0.3, -0.25) is 9.59 Å². The summed E-state index contributed by atoms with van der Waals surface area (Å²) in [6.07, 6.45) is 32.0. The molecule has 1 aliphatic rings. The average molecular weight is 783 g/mol. The van der Waals surface area contributed by atoms with Gasteiger partial charge in [0.1, 0.15) is 31.0 Å². The molecule has 1 saturated heterocycles. The quantitative estimate of drug-likeness (QED) is 0.0273. The molecule has 4 N–H and O–H groups in total. The van der Waals surface area contributed by atoms with E-state index in [-0.39, 0.29) is 26.1 Å². The van der Waals surface area contributed by atoms with Gasteiger partial charge in [-0.2, -0.15) is 0 Å². The molecule has 1 aliphatic heterocycles. The Balaban J connectivity index is 2.36. The van der Waals surface area contributed by atoms with Crippen LogP contribution in [0.4, 0.5) is 0 Å². The van der Waals surface area contributed by atoms with E-state index < -0.39 is 55.4 Å². The molecule has 1 rings (SSSR count). The summed E-state index contributed by atoms with van der Waals surface area (Å²) in [4.78, 5) is 25.3. The van der Waals surface area contributed by atoms with Gasteiger partial charge in [0, 0.05) is 12.8 Å². The Kier molecular flexibility index (Phi) is 34.0. The first-order chi connectivity index (χ1) is 26.8. The third-order valence-electron chi connectivity index (χ3n) is 10.3. The monoisotopic (exact) mass is 783 g/mol. The van der Waals surface area contributed by atoms with Crippen molar-refractivity contribution in [1.82, 2.24) is 0 Å². The van der Waals surface area contributed by atoms with E-state index in [4.69, 9.17) is 18.9 Å². The largest absolute Gasteiger partial charge is 0.462 e. The van der Waals surface area contributed by atoms with Crippen molar-refractivity contribution in [2.24, 2.45) is 0 Å². The first kappa shape index (κ1) is 51.2. The number of aliphatic hydroxyl groups excluding tert-OH is 4. The van der Waals surface area contributed by atoms with Crippen LogP contribution >= 0.6 is 0 Å². The Labute approximate surface area is 334 Å². The molecule has 1 heterocycles. The number of aliphatic hydroxyl groups is 4. The van der Waals surface area contributed by atoms with Crippen LogP contribution in [0.25, 0.3) is 0 Å². The smallest absolute Gasteiger partial charge is 0.306 e. The van der Waals surface area contributed by atoms with Gasteiger partial charge < -0.3 is 39.4 Å². The minimum atomic E-state index is -1.60. The van der Waals surface area contributed by atoms with Crippen molar-refractivity contribution in [3.8, 4) is 0 Å². The fourth-order valence-electron chi connectivity index (χ4n) is 6.73.